The highest BCUT2D eigenvalue weighted by Crippen LogP contribution is 2.30. The van der Waals surface area contributed by atoms with Gasteiger partial charge in [0.1, 0.15) is 5.75 Å². The van der Waals surface area contributed by atoms with Crippen LogP contribution in [-0.2, 0) is 0 Å². The Morgan fingerprint density at radius 2 is 1.95 bits per heavy atom. The molecule has 2 aromatic rings. The van der Waals surface area contributed by atoms with Crippen molar-refractivity contribution < 1.29 is 9.53 Å². The highest BCUT2D eigenvalue weighted by molar-refractivity contribution is 6.42. The van der Waals surface area contributed by atoms with Crippen molar-refractivity contribution in [2.24, 2.45) is 0 Å². The third-order valence-electron chi connectivity index (χ3n) is 3.13. The third kappa shape index (κ3) is 2.47. The Labute approximate surface area is 126 Å². The van der Waals surface area contributed by atoms with Crippen molar-refractivity contribution in [3.8, 4) is 5.75 Å². The Hall–Kier alpha value is -1.71. The average molecular weight is 308 g/mol. The molecule has 0 spiro atoms. The largest absolute Gasteiger partial charge is 0.478 e. The molecule has 102 valence electrons. The quantitative estimate of drug-likeness (QED) is 0.851. The minimum atomic E-state index is -0.567. The molecule has 0 saturated heterocycles. The molecule has 5 heteroatoms. The van der Waals surface area contributed by atoms with Gasteiger partial charge in [-0.25, -0.2) is 0 Å². The molecule has 1 N–H and O–H groups in total. The van der Waals surface area contributed by atoms with Crippen LogP contribution in [0.3, 0.4) is 0 Å². The zero-order valence-corrected chi connectivity index (χ0v) is 11.9. The maximum Gasteiger partial charge on any atom is 0.205 e. The second-order valence-corrected chi connectivity index (χ2v) is 5.29. The van der Waals surface area contributed by atoms with E-state index in [4.69, 9.17) is 27.9 Å². The lowest BCUT2D eigenvalue weighted by Gasteiger charge is -2.26. The molecule has 0 radical (unpaired) electrons. The molecule has 0 saturated carbocycles. The molecular formula is C15H11Cl2NO2. The van der Waals surface area contributed by atoms with Crippen LogP contribution in [0.15, 0.2) is 42.5 Å². The van der Waals surface area contributed by atoms with Crippen molar-refractivity contribution in [3.05, 3.63) is 58.1 Å². The molecule has 0 bridgehead atoms. The van der Waals surface area contributed by atoms with Crippen molar-refractivity contribution in [1.29, 1.82) is 0 Å². The Balaban J connectivity index is 1.84. The Morgan fingerprint density at radius 1 is 1.15 bits per heavy atom. The van der Waals surface area contributed by atoms with Crippen molar-refractivity contribution >= 4 is 34.7 Å². The number of ketones is 1. The summed E-state index contributed by atoms with van der Waals surface area (Å²) in [4.78, 5) is 12.4. The predicted octanol–water partition coefficient (Wildman–Crippen LogP) is 4.05. The molecule has 1 unspecified atom stereocenters. The summed E-state index contributed by atoms with van der Waals surface area (Å²) < 4.78 is 5.73. The molecule has 3 nitrogen and oxygen atoms in total. The number of nitrogens with one attached hydrogen (secondary N) is 1. The van der Waals surface area contributed by atoms with Gasteiger partial charge in [0, 0.05) is 5.56 Å². The number of Topliss-reactive ketones (excluding diaryl/α,β-unsaturated/α-hetero) is 1. The number of fused-ring (bicyclic) bond motifs is 1. The molecule has 0 aliphatic carbocycles. The SMILES string of the molecule is O=C(c1ccc(Cl)c(Cl)c1)C1CNc2ccccc2O1. The van der Waals surface area contributed by atoms with Gasteiger partial charge in [-0.15, -0.1) is 0 Å². The van der Waals surface area contributed by atoms with Gasteiger partial charge in [0.05, 0.1) is 22.3 Å². The summed E-state index contributed by atoms with van der Waals surface area (Å²) in [6, 6.07) is 12.4. The number of carbonyl (C=O) groups is 1. The highest BCUT2D eigenvalue weighted by atomic mass is 35.5. The number of para-hydroxylation sites is 2. The van der Waals surface area contributed by atoms with Gasteiger partial charge in [-0.3, -0.25) is 4.79 Å². The van der Waals surface area contributed by atoms with E-state index in [1.54, 1.807) is 18.2 Å². The summed E-state index contributed by atoms with van der Waals surface area (Å²) in [6.07, 6.45) is -0.567. The number of hydrogen-bond donors (Lipinski definition) is 1. The molecule has 1 aliphatic heterocycles. The molecule has 2 aromatic carbocycles. The van der Waals surface area contributed by atoms with Crippen molar-refractivity contribution in [2.75, 3.05) is 11.9 Å². The van der Waals surface area contributed by atoms with Crippen molar-refractivity contribution in [1.82, 2.24) is 0 Å². The normalized spacial score (nSPS) is 16.8. The molecule has 20 heavy (non-hydrogen) atoms. The number of rotatable bonds is 2. The average Bonchev–Trinajstić information content (AvgIpc) is 2.49. The smallest absolute Gasteiger partial charge is 0.205 e. The van der Waals surface area contributed by atoms with Gasteiger partial charge in [-0.1, -0.05) is 35.3 Å². The van der Waals surface area contributed by atoms with Crippen LogP contribution in [0.4, 0.5) is 5.69 Å². The lowest BCUT2D eigenvalue weighted by Crippen LogP contribution is -2.37. The van der Waals surface area contributed by atoms with Crippen LogP contribution in [0, 0.1) is 0 Å². The fourth-order valence-corrected chi connectivity index (χ4v) is 2.39. The van der Waals surface area contributed by atoms with Gasteiger partial charge in [0.25, 0.3) is 0 Å². The number of anilines is 1. The lowest BCUT2D eigenvalue weighted by molar-refractivity contribution is 0.0801. The standard InChI is InChI=1S/C15H11Cl2NO2/c16-10-6-5-9(7-11(10)17)15(19)14-8-18-12-3-1-2-4-13(12)20-14/h1-7,14,18H,8H2. The van der Waals surface area contributed by atoms with E-state index in [0.717, 1.165) is 5.69 Å². The summed E-state index contributed by atoms with van der Waals surface area (Å²) >= 11 is 11.8. The van der Waals surface area contributed by atoms with E-state index < -0.39 is 6.10 Å². The van der Waals surface area contributed by atoms with E-state index in [9.17, 15) is 4.79 Å². The van der Waals surface area contributed by atoms with E-state index in [1.165, 1.54) is 0 Å². The summed E-state index contributed by atoms with van der Waals surface area (Å²) in [7, 11) is 0. The monoisotopic (exact) mass is 307 g/mol. The van der Waals surface area contributed by atoms with Crippen LogP contribution in [0.1, 0.15) is 10.4 Å². The first-order valence-corrected chi connectivity index (χ1v) is 6.89. The molecule has 1 atom stereocenters. The number of halogens is 2. The van der Waals surface area contributed by atoms with Gasteiger partial charge in [0.2, 0.25) is 5.78 Å². The molecule has 0 amide bonds. The van der Waals surface area contributed by atoms with Crippen LogP contribution in [0.2, 0.25) is 10.0 Å². The first-order chi connectivity index (χ1) is 9.65. The van der Waals surface area contributed by atoms with E-state index in [0.29, 0.717) is 27.9 Å². The summed E-state index contributed by atoms with van der Waals surface area (Å²) in [5, 5.41) is 3.97. The molecule has 0 aromatic heterocycles. The van der Waals surface area contributed by atoms with E-state index in [2.05, 4.69) is 5.32 Å². The van der Waals surface area contributed by atoms with Crippen LogP contribution in [-0.4, -0.2) is 18.4 Å². The molecule has 1 heterocycles. The fraction of sp³-hybridized carbons (Fsp3) is 0.133. The van der Waals surface area contributed by atoms with E-state index in [1.807, 2.05) is 24.3 Å². The van der Waals surface area contributed by atoms with Crippen molar-refractivity contribution in [2.45, 2.75) is 6.10 Å². The second-order valence-electron chi connectivity index (χ2n) is 4.48. The number of ether oxygens (including phenoxy) is 1. The first kappa shape index (κ1) is 13.3. The summed E-state index contributed by atoms with van der Waals surface area (Å²) in [5.41, 5.74) is 1.39. The van der Waals surface area contributed by atoms with Crippen LogP contribution >= 0.6 is 23.2 Å². The third-order valence-corrected chi connectivity index (χ3v) is 3.87. The summed E-state index contributed by atoms with van der Waals surface area (Å²) in [6.45, 7) is 0.427. The van der Waals surface area contributed by atoms with E-state index in [-0.39, 0.29) is 5.78 Å². The Bertz CT molecular complexity index is 673. The number of benzene rings is 2. The highest BCUT2D eigenvalue weighted by Gasteiger charge is 2.26. The van der Waals surface area contributed by atoms with Gasteiger partial charge in [0.15, 0.2) is 6.10 Å². The van der Waals surface area contributed by atoms with Crippen LogP contribution < -0.4 is 10.1 Å². The van der Waals surface area contributed by atoms with Gasteiger partial charge >= 0.3 is 0 Å². The maximum absolute atomic E-state index is 12.4. The predicted molar refractivity (Wildman–Crippen MR) is 80.1 cm³/mol. The minimum Gasteiger partial charge on any atom is -0.478 e. The minimum absolute atomic E-state index is 0.120. The maximum atomic E-state index is 12.4. The summed E-state index contributed by atoms with van der Waals surface area (Å²) in [5.74, 6) is 0.558. The lowest BCUT2D eigenvalue weighted by atomic mass is 10.0. The molecule has 1 aliphatic rings. The van der Waals surface area contributed by atoms with Gasteiger partial charge < -0.3 is 10.1 Å². The Morgan fingerprint density at radius 3 is 2.75 bits per heavy atom. The number of hydrogen-bond acceptors (Lipinski definition) is 3. The molecule has 0 fully saturated rings. The first-order valence-electron chi connectivity index (χ1n) is 6.14. The van der Waals surface area contributed by atoms with Crippen molar-refractivity contribution in [3.63, 3.8) is 0 Å². The zero-order chi connectivity index (χ0) is 14.1. The second kappa shape index (κ2) is 5.35. The Kier molecular flexibility index (Phi) is 3.55. The molecule has 3 rings (SSSR count). The van der Waals surface area contributed by atoms with E-state index >= 15 is 0 Å². The number of carbonyl (C=O) groups excluding carboxylic acids is 1. The fourth-order valence-electron chi connectivity index (χ4n) is 2.09. The molecular weight excluding hydrogens is 297 g/mol. The van der Waals surface area contributed by atoms with Crippen LogP contribution in [0.25, 0.3) is 0 Å². The van der Waals surface area contributed by atoms with Gasteiger partial charge in [-0.05, 0) is 30.3 Å². The van der Waals surface area contributed by atoms with Gasteiger partial charge in [-0.2, -0.15) is 0 Å². The zero-order valence-electron chi connectivity index (χ0n) is 10.4. The topological polar surface area (TPSA) is 38.3 Å². The van der Waals surface area contributed by atoms with Crippen LogP contribution in [0.5, 0.6) is 5.75 Å².